The van der Waals surface area contributed by atoms with Gasteiger partial charge in [0.2, 0.25) is 11.8 Å². The Morgan fingerprint density at radius 1 is 1.03 bits per heavy atom. The molecular formula is C24H34N2O3. The van der Waals surface area contributed by atoms with E-state index < -0.39 is 0 Å². The zero-order valence-corrected chi connectivity index (χ0v) is 17.6. The third-order valence-corrected chi connectivity index (χ3v) is 6.44. The van der Waals surface area contributed by atoms with Gasteiger partial charge in [0.1, 0.15) is 5.78 Å². The Morgan fingerprint density at radius 2 is 1.79 bits per heavy atom. The van der Waals surface area contributed by atoms with Crippen LogP contribution in [0.3, 0.4) is 0 Å². The van der Waals surface area contributed by atoms with Crippen LogP contribution in [0.25, 0.3) is 0 Å². The fraction of sp³-hybridized carbons (Fsp3) is 0.625. The van der Waals surface area contributed by atoms with Gasteiger partial charge in [0.05, 0.1) is 0 Å². The van der Waals surface area contributed by atoms with Crippen molar-refractivity contribution in [1.29, 1.82) is 0 Å². The maximum Gasteiger partial charge on any atom is 0.224 e. The van der Waals surface area contributed by atoms with Gasteiger partial charge in [-0.2, -0.15) is 0 Å². The summed E-state index contributed by atoms with van der Waals surface area (Å²) in [6.07, 6.45) is 8.13. The molecule has 1 aromatic rings. The van der Waals surface area contributed by atoms with Gasteiger partial charge < -0.3 is 9.80 Å². The van der Waals surface area contributed by atoms with Crippen LogP contribution in [0.5, 0.6) is 0 Å². The molecule has 3 rings (SSSR count). The van der Waals surface area contributed by atoms with Crippen LogP contribution in [-0.4, -0.2) is 46.5 Å². The zero-order valence-electron chi connectivity index (χ0n) is 17.6. The number of amides is 2. The smallest absolute Gasteiger partial charge is 0.224 e. The molecule has 0 radical (unpaired) electrons. The molecule has 1 saturated carbocycles. The first kappa shape index (κ1) is 21.5. The average Bonchev–Trinajstić information content (AvgIpc) is 2.98. The Balaban J connectivity index is 1.64. The van der Waals surface area contributed by atoms with Crippen LogP contribution in [0.4, 0.5) is 0 Å². The third kappa shape index (κ3) is 5.91. The predicted molar refractivity (Wildman–Crippen MR) is 113 cm³/mol. The second-order valence-electron chi connectivity index (χ2n) is 8.50. The Bertz CT molecular complexity index is 703. The van der Waals surface area contributed by atoms with Gasteiger partial charge in [-0.15, -0.1) is 0 Å². The molecule has 2 aliphatic rings. The molecule has 29 heavy (non-hydrogen) atoms. The van der Waals surface area contributed by atoms with Gasteiger partial charge in [-0.3, -0.25) is 14.4 Å². The molecule has 2 amide bonds. The van der Waals surface area contributed by atoms with Crippen molar-refractivity contribution in [1.82, 2.24) is 9.80 Å². The molecule has 5 nitrogen and oxygen atoms in total. The van der Waals surface area contributed by atoms with Crippen molar-refractivity contribution in [3.05, 3.63) is 35.9 Å². The molecule has 1 saturated heterocycles. The van der Waals surface area contributed by atoms with E-state index in [4.69, 9.17) is 0 Å². The third-order valence-electron chi connectivity index (χ3n) is 6.44. The minimum Gasteiger partial charge on any atom is -0.339 e. The number of rotatable bonds is 6. The highest BCUT2D eigenvalue weighted by atomic mass is 16.2. The topological polar surface area (TPSA) is 57.7 Å². The molecule has 0 spiro atoms. The minimum atomic E-state index is -0.0171. The van der Waals surface area contributed by atoms with Crippen molar-refractivity contribution >= 4 is 17.6 Å². The quantitative estimate of drug-likeness (QED) is 0.729. The van der Waals surface area contributed by atoms with Gasteiger partial charge in [-0.1, -0.05) is 49.6 Å². The minimum absolute atomic E-state index is 0.0130. The van der Waals surface area contributed by atoms with Crippen LogP contribution >= 0.6 is 0 Å². The average molecular weight is 399 g/mol. The number of benzene rings is 1. The molecular weight excluding hydrogens is 364 g/mol. The van der Waals surface area contributed by atoms with Crippen LogP contribution in [0.2, 0.25) is 0 Å². The molecule has 1 aliphatic heterocycles. The number of hydrogen-bond acceptors (Lipinski definition) is 3. The fourth-order valence-electron chi connectivity index (χ4n) is 4.80. The van der Waals surface area contributed by atoms with Gasteiger partial charge >= 0.3 is 0 Å². The van der Waals surface area contributed by atoms with Crippen LogP contribution < -0.4 is 0 Å². The number of Topliss-reactive ketones (excluding diaryl/α,β-unsaturated/α-hetero) is 1. The maximum absolute atomic E-state index is 13.2. The Hall–Kier alpha value is -2.17. The molecule has 0 N–H and O–H groups in total. The summed E-state index contributed by atoms with van der Waals surface area (Å²) < 4.78 is 0. The number of likely N-dealkylation sites (tertiary alicyclic amines) is 1. The summed E-state index contributed by atoms with van der Waals surface area (Å²) in [5.41, 5.74) is 1.07. The number of hydrogen-bond donors (Lipinski definition) is 0. The van der Waals surface area contributed by atoms with Crippen molar-refractivity contribution < 1.29 is 14.4 Å². The van der Waals surface area contributed by atoms with E-state index in [-0.39, 0.29) is 23.8 Å². The molecule has 2 fully saturated rings. The van der Waals surface area contributed by atoms with Crippen molar-refractivity contribution in [3.63, 3.8) is 0 Å². The number of carbonyl (C=O) groups is 3. The SMILES string of the molecule is CC(=O)N(CCC(=O)N1CCCCCC1C1CCCCC1=O)Cc1ccccc1. The first-order valence-corrected chi connectivity index (χ1v) is 11.2. The van der Waals surface area contributed by atoms with E-state index in [1.807, 2.05) is 35.2 Å². The summed E-state index contributed by atoms with van der Waals surface area (Å²) in [5.74, 6) is 0.431. The lowest BCUT2D eigenvalue weighted by Gasteiger charge is -2.37. The molecule has 158 valence electrons. The van der Waals surface area contributed by atoms with E-state index in [2.05, 4.69) is 0 Å². The first-order chi connectivity index (χ1) is 14.1. The summed E-state index contributed by atoms with van der Waals surface area (Å²) >= 11 is 0. The summed E-state index contributed by atoms with van der Waals surface area (Å²) in [5, 5.41) is 0. The van der Waals surface area contributed by atoms with Crippen molar-refractivity contribution in [2.45, 2.75) is 77.3 Å². The molecule has 0 bridgehead atoms. The predicted octanol–water partition coefficient (Wildman–Crippen LogP) is 3.96. The largest absolute Gasteiger partial charge is 0.339 e. The highest BCUT2D eigenvalue weighted by molar-refractivity contribution is 5.84. The first-order valence-electron chi connectivity index (χ1n) is 11.2. The van der Waals surface area contributed by atoms with Gasteiger partial charge in [0.15, 0.2) is 0 Å². The van der Waals surface area contributed by atoms with Crippen LogP contribution in [0.15, 0.2) is 30.3 Å². The summed E-state index contributed by atoms with van der Waals surface area (Å²) in [7, 11) is 0. The molecule has 1 heterocycles. The standard InChI is InChI=1S/C24H34N2O3/c1-19(27)25(18-20-10-4-2-5-11-20)17-15-24(29)26-16-9-3-6-13-22(26)21-12-7-8-14-23(21)28/h2,4-5,10-11,21-22H,3,6-9,12-18H2,1H3. The van der Waals surface area contributed by atoms with E-state index in [9.17, 15) is 14.4 Å². The monoisotopic (exact) mass is 398 g/mol. The second kappa shape index (κ2) is 10.6. The zero-order chi connectivity index (χ0) is 20.6. The normalized spacial score (nSPS) is 22.8. The maximum atomic E-state index is 13.2. The molecule has 2 unspecified atom stereocenters. The lowest BCUT2D eigenvalue weighted by Crippen LogP contribution is -2.48. The summed E-state index contributed by atoms with van der Waals surface area (Å²) in [6, 6.07) is 9.92. The van der Waals surface area contributed by atoms with Gasteiger partial charge in [0.25, 0.3) is 0 Å². The summed E-state index contributed by atoms with van der Waals surface area (Å²) in [4.78, 5) is 41.5. The van der Waals surface area contributed by atoms with Crippen molar-refractivity contribution in [2.75, 3.05) is 13.1 Å². The number of nitrogens with zero attached hydrogens (tertiary/aromatic N) is 2. The van der Waals surface area contributed by atoms with Crippen molar-refractivity contribution in [3.8, 4) is 0 Å². The van der Waals surface area contributed by atoms with E-state index in [0.29, 0.717) is 31.7 Å². The van der Waals surface area contributed by atoms with Gasteiger partial charge in [-0.25, -0.2) is 0 Å². The highest BCUT2D eigenvalue weighted by Crippen LogP contribution is 2.31. The van der Waals surface area contributed by atoms with E-state index >= 15 is 0 Å². The molecule has 0 aromatic heterocycles. The number of carbonyl (C=O) groups excluding carboxylic acids is 3. The van der Waals surface area contributed by atoms with E-state index in [0.717, 1.165) is 57.1 Å². The van der Waals surface area contributed by atoms with E-state index in [1.54, 1.807) is 11.8 Å². The van der Waals surface area contributed by atoms with Crippen LogP contribution in [0.1, 0.15) is 70.3 Å². The summed E-state index contributed by atoms with van der Waals surface area (Å²) in [6.45, 7) is 3.24. The van der Waals surface area contributed by atoms with Crippen LogP contribution in [0, 0.1) is 5.92 Å². The second-order valence-corrected chi connectivity index (χ2v) is 8.50. The Morgan fingerprint density at radius 3 is 2.52 bits per heavy atom. The highest BCUT2D eigenvalue weighted by Gasteiger charge is 2.36. The number of ketones is 1. The van der Waals surface area contributed by atoms with Crippen molar-refractivity contribution in [2.24, 2.45) is 5.92 Å². The molecule has 1 aliphatic carbocycles. The van der Waals surface area contributed by atoms with Gasteiger partial charge in [-0.05, 0) is 31.2 Å². The lowest BCUT2D eigenvalue weighted by molar-refractivity contribution is -0.138. The van der Waals surface area contributed by atoms with Crippen LogP contribution in [-0.2, 0) is 20.9 Å². The lowest BCUT2D eigenvalue weighted by atomic mass is 9.80. The fourth-order valence-corrected chi connectivity index (χ4v) is 4.80. The Labute approximate surface area is 174 Å². The Kier molecular flexibility index (Phi) is 7.84. The molecule has 5 heteroatoms. The van der Waals surface area contributed by atoms with E-state index in [1.165, 1.54) is 0 Å². The molecule has 2 atom stereocenters. The van der Waals surface area contributed by atoms with Gasteiger partial charge in [0, 0.05) is 51.4 Å². The molecule has 1 aromatic carbocycles.